The van der Waals surface area contributed by atoms with E-state index in [4.69, 9.17) is 15.6 Å². The monoisotopic (exact) mass is 295 g/mol. The van der Waals surface area contributed by atoms with Crippen molar-refractivity contribution in [3.05, 3.63) is 53.8 Å². The van der Waals surface area contributed by atoms with Crippen LogP contribution in [0.1, 0.15) is 10.4 Å². The van der Waals surface area contributed by atoms with Gasteiger partial charge < -0.3 is 9.15 Å². The number of oxazole rings is 1. The van der Waals surface area contributed by atoms with Gasteiger partial charge in [-0.05, 0) is 30.3 Å². The second-order valence-electron chi connectivity index (χ2n) is 4.46. The highest BCUT2D eigenvalue weighted by molar-refractivity contribution is 5.93. The molecule has 0 atom stereocenters. The fourth-order valence-electron chi connectivity index (χ4n) is 1.99. The van der Waals surface area contributed by atoms with Gasteiger partial charge in [0.25, 0.3) is 0 Å². The van der Waals surface area contributed by atoms with Crippen LogP contribution in [0.2, 0.25) is 0 Å². The van der Waals surface area contributed by atoms with Gasteiger partial charge in [0.1, 0.15) is 11.3 Å². The second-order valence-corrected chi connectivity index (χ2v) is 4.46. The number of carbonyl (C=O) groups is 1. The number of hydrogen-bond acceptors (Lipinski definition) is 4. The van der Waals surface area contributed by atoms with E-state index in [-0.39, 0.29) is 18.1 Å². The molecule has 3 rings (SSSR count). The summed E-state index contributed by atoms with van der Waals surface area (Å²) in [6, 6.07) is 10.8. The Labute approximate surface area is 125 Å². The number of terminal acetylenes is 1. The number of ether oxygens (including phenoxy) is 1. The molecule has 0 aliphatic carbocycles. The van der Waals surface area contributed by atoms with E-state index in [0.29, 0.717) is 16.7 Å². The van der Waals surface area contributed by atoms with Gasteiger partial charge in [-0.3, -0.25) is 0 Å². The van der Waals surface area contributed by atoms with Crippen molar-refractivity contribution in [2.75, 3.05) is 6.61 Å². The van der Waals surface area contributed by atoms with Crippen LogP contribution < -0.4 is 0 Å². The van der Waals surface area contributed by atoms with Crippen molar-refractivity contribution in [1.29, 1.82) is 0 Å². The maximum absolute atomic E-state index is 13.8. The SMILES string of the molecule is C#CCOC(=O)c1ccc2oc(-c3ccccc3F)nc2c1. The lowest BCUT2D eigenvalue weighted by Crippen LogP contribution is -2.04. The van der Waals surface area contributed by atoms with Gasteiger partial charge in [-0.15, -0.1) is 6.42 Å². The number of rotatable bonds is 3. The van der Waals surface area contributed by atoms with Crippen LogP contribution in [-0.2, 0) is 4.74 Å². The first-order chi connectivity index (χ1) is 10.7. The first kappa shape index (κ1) is 13.8. The quantitative estimate of drug-likeness (QED) is 0.549. The Morgan fingerprint density at radius 3 is 2.91 bits per heavy atom. The van der Waals surface area contributed by atoms with Gasteiger partial charge in [0.2, 0.25) is 5.89 Å². The third-order valence-corrected chi connectivity index (χ3v) is 3.01. The Bertz CT molecular complexity index is 892. The normalized spacial score (nSPS) is 10.4. The molecule has 0 radical (unpaired) electrons. The summed E-state index contributed by atoms with van der Waals surface area (Å²) < 4.78 is 24.1. The molecule has 1 aromatic heterocycles. The lowest BCUT2D eigenvalue weighted by Gasteiger charge is -1.99. The fourth-order valence-corrected chi connectivity index (χ4v) is 1.99. The van der Waals surface area contributed by atoms with Crippen LogP contribution in [0.3, 0.4) is 0 Å². The van der Waals surface area contributed by atoms with Crippen molar-refractivity contribution >= 4 is 17.1 Å². The molecule has 0 fully saturated rings. The van der Waals surface area contributed by atoms with Crippen LogP contribution in [-0.4, -0.2) is 17.6 Å². The maximum atomic E-state index is 13.8. The van der Waals surface area contributed by atoms with Crippen LogP contribution >= 0.6 is 0 Å². The third-order valence-electron chi connectivity index (χ3n) is 3.01. The molecule has 5 heteroatoms. The molecule has 2 aromatic carbocycles. The average molecular weight is 295 g/mol. The summed E-state index contributed by atoms with van der Waals surface area (Å²) in [6.07, 6.45) is 5.04. The summed E-state index contributed by atoms with van der Waals surface area (Å²) in [5.74, 6) is 1.40. The molecule has 22 heavy (non-hydrogen) atoms. The number of aromatic nitrogens is 1. The molecule has 1 heterocycles. The number of halogens is 1. The molecule has 0 saturated heterocycles. The topological polar surface area (TPSA) is 52.3 Å². The minimum Gasteiger partial charge on any atom is -0.449 e. The molecule has 0 bridgehead atoms. The lowest BCUT2D eigenvalue weighted by atomic mass is 10.2. The van der Waals surface area contributed by atoms with Crippen molar-refractivity contribution in [3.8, 4) is 23.8 Å². The summed E-state index contributed by atoms with van der Waals surface area (Å²) in [5.41, 5.74) is 1.45. The molecule has 0 amide bonds. The molecule has 0 spiro atoms. The van der Waals surface area contributed by atoms with Gasteiger partial charge >= 0.3 is 5.97 Å². The fraction of sp³-hybridized carbons (Fsp3) is 0.0588. The van der Waals surface area contributed by atoms with Crippen molar-refractivity contribution < 1.29 is 18.3 Å². The zero-order chi connectivity index (χ0) is 15.5. The smallest absolute Gasteiger partial charge is 0.339 e. The van der Waals surface area contributed by atoms with Crippen molar-refractivity contribution in [3.63, 3.8) is 0 Å². The molecular formula is C17H10FNO3. The third kappa shape index (κ3) is 2.54. The molecule has 3 aromatic rings. The van der Waals surface area contributed by atoms with Gasteiger partial charge in [0.15, 0.2) is 12.2 Å². The van der Waals surface area contributed by atoms with E-state index in [0.717, 1.165) is 0 Å². The Morgan fingerprint density at radius 2 is 2.14 bits per heavy atom. The Kier molecular flexibility index (Phi) is 3.58. The Morgan fingerprint density at radius 1 is 1.32 bits per heavy atom. The van der Waals surface area contributed by atoms with Crippen LogP contribution in [0.4, 0.5) is 4.39 Å². The minimum absolute atomic E-state index is 0.101. The number of carbonyl (C=O) groups excluding carboxylic acids is 1. The van der Waals surface area contributed by atoms with Gasteiger partial charge in [-0.25, -0.2) is 14.2 Å². The molecule has 0 aliphatic rings. The van der Waals surface area contributed by atoms with Crippen LogP contribution in [0, 0.1) is 18.2 Å². The molecule has 0 N–H and O–H groups in total. The van der Waals surface area contributed by atoms with E-state index in [1.807, 2.05) is 0 Å². The zero-order valence-electron chi connectivity index (χ0n) is 11.4. The van der Waals surface area contributed by atoms with Gasteiger partial charge in [0, 0.05) is 0 Å². The molecule has 0 saturated carbocycles. The summed E-state index contributed by atoms with van der Waals surface area (Å²) in [6.45, 7) is -0.101. The van der Waals surface area contributed by atoms with E-state index in [1.165, 1.54) is 18.2 Å². The maximum Gasteiger partial charge on any atom is 0.339 e. The lowest BCUT2D eigenvalue weighted by molar-refractivity contribution is 0.0557. The van der Waals surface area contributed by atoms with Gasteiger partial charge in [0.05, 0.1) is 11.1 Å². The second kappa shape index (κ2) is 5.70. The summed E-state index contributed by atoms with van der Waals surface area (Å²) in [7, 11) is 0. The molecule has 0 unspecified atom stereocenters. The first-order valence-electron chi connectivity index (χ1n) is 6.45. The first-order valence-corrected chi connectivity index (χ1v) is 6.45. The Balaban J connectivity index is 1.99. The predicted molar refractivity (Wildman–Crippen MR) is 78.5 cm³/mol. The summed E-state index contributed by atoms with van der Waals surface area (Å²) in [4.78, 5) is 16.0. The van der Waals surface area contributed by atoms with Crippen molar-refractivity contribution in [1.82, 2.24) is 4.98 Å². The summed E-state index contributed by atoms with van der Waals surface area (Å²) >= 11 is 0. The van der Waals surface area contributed by atoms with Crippen LogP contribution in [0.25, 0.3) is 22.6 Å². The number of fused-ring (bicyclic) bond motifs is 1. The Hall–Kier alpha value is -3.13. The zero-order valence-corrected chi connectivity index (χ0v) is 11.4. The van der Waals surface area contributed by atoms with Crippen LogP contribution in [0.5, 0.6) is 0 Å². The van der Waals surface area contributed by atoms with E-state index in [2.05, 4.69) is 10.9 Å². The molecular weight excluding hydrogens is 285 g/mol. The van der Waals surface area contributed by atoms with Crippen molar-refractivity contribution in [2.45, 2.75) is 0 Å². The molecule has 0 aliphatic heterocycles. The van der Waals surface area contributed by atoms with Gasteiger partial charge in [-0.1, -0.05) is 18.1 Å². The largest absolute Gasteiger partial charge is 0.449 e. The van der Waals surface area contributed by atoms with E-state index in [9.17, 15) is 9.18 Å². The van der Waals surface area contributed by atoms with Crippen LogP contribution in [0.15, 0.2) is 46.9 Å². The highest BCUT2D eigenvalue weighted by Gasteiger charge is 2.14. The van der Waals surface area contributed by atoms with E-state index in [1.54, 1.807) is 24.3 Å². The molecule has 4 nitrogen and oxygen atoms in total. The minimum atomic E-state index is -0.546. The van der Waals surface area contributed by atoms with E-state index < -0.39 is 11.8 Å². The number of hydrogen-bond donors (Lipinski definition) is 0. The predicted octanol–water partition coefficient (Wildman–Crippen LogP) is 3.42. The number of benzene rings is 2. The van der Waals surface area contributed by atoms with E-state index >= 15 is 0 Å². The highest BCUT2D eigenvalue weighted by Crippen LogP contribution is 2.26. The molecule has 108 valence electrons. The van der Waals surface area contributed by atoms with Gasteiger partial charge in [-0.2, -0.15) is 0 Å². The van der Waals surface area contributed by atoms with Crippen molar-refractivity contribution in [2.24, 2.45) is 0 Å². The average Bonchev–Trinajstić information content (AvgIpc) is 2.95. The standard InChI is InChI=1S/C17H10FNO3/c1-2-9-21-17(20)11-7-8-15-14(10-11)19-16(22-15)12-5-3-4-6-13(12)18/h1,3-8,10H,9H2. The highest BCUT2D eigenvalue weighted by atomic mass is 19.1. The number of esters is 1. The number of nitrogens with zero attached hydrogens (tertiary/aromatic N) is 1. The summed E-state index contributed by atoms with van der Waals surface area (Å²) in [5, 5.41) is 0.